The number of rotatable bonds is 4. The number of carbonyl (C=O) groups excluding carboxylic acids is 1. The highest BCUT2D eigenvalue weighted by Crippen LogP contribution is 2.32. The van der Waals surface area contributed by atoms with Crippen LogP contribution < -0.4 is 4.74 Å². The van der Waals surface area contributed by atoms with E-state index >= 15 is 0 Å². The molecule has 1 amide bonds. The number of piperidine rings is 1. The van der Waals surface area contributed by atoms with E-state index < -0.39 is 6.10 Å². The van der Waals surface area contributed by atoms with Crippen molar-refractivity contribution >= 4 is 41.3 Å². The highest BCUT2D eigenvalue weighted by Gasteiger charge is 2.29. The van der Waals surface area contributed by atoms with E-state index in [2.05, 4.69) is 10.2 Å². The lowest BCUT2D eigenvalue weighted by molar-refractivity contribution is -0.139. The zero-order valence-electron chi connectivity index (χ0n) is 14.5. The minimum atomic E-state index is -0.636. The van der Waals surface area contributed by atoms with Gasteiger partial charge in [0.2, 0.25) is 0 Å². The third kappa shape index (κ3) is 3.89. The van der Waals surface area contributed by atoms with E-state index in [4.69, 9.17) is 40.2 Å². The summed E-state index contributed by atoms with van der Waals surface area (Å²) in [5, 5.41) is 7.84. The standard InChI is InChI=1S/C17H20Cl2N4O2S/c1-10(25-13-5-3-4-12(18)14(13)19)16(24)23-8-6-11(7-9-23)15-20-21-17(26)22(15)2/h3-5,10-11H,6-9H2,1-2H3,(H,21,26). The van der Waals surface area contributed by atoms with Crippen molar-refractivity contribution in [1.29, 1.82) is 0 Å². The van der Waals surface area contributed by atoms with Crippen LogP contribution in [0.25, 0.3) is 0 Å². The fourth-order valence-electron chi connectivity index (χ4n) is 3.16. The molecule has 1 unspecified atom stereocenters. The summed E-state index contributed by atoms with van der Waals surface area (Å²) >= 11 is 17.3. The number of nitrogens with one attached hydrogen (secondary N) is 1. The molecule has 0 spiro atoms. The molecule has 0 radical (unpaired) electrons. The van der Waals surface area contributed by atoms with Crippen molar-refractivity contribution in [3.63, 3.8) is 0 Å². The molecule has 1 aliphatic heterocycles. The normalized spacial score (nSPS) is 16.5. The molecule has 26 heavy (non-hydrogen) atoms. The van der Waals surface area contributed by atoms with Gasteiger partial charge in [0.25, 0.3) is 5.91 Å². The van der Waals surface area contributed by atoms with Crippen molar-refractivity contribution in [2.45, 2.75) is 31.8 Å². The molecule has 0 aliphatic carbocycles. The Labute approximate surface area is 167 Å². The first kappa shape index (κ1) is 19.2. The molecule has 6 nitrogen and oxygen atoms in total. The van der Waals surface area contributed by atoms with Gasteiger partial charge in [-0.05, 0) is 44.1 Å². The third-order valence-corrected chi connectivity index (χ3v) is 5.82. The van der Waals surface area contributed by atoms with Gasteiger partial charge >= 0.3 is 0 Å². The predicted octanol–water partition coefficient (Wildman–Crippen LogP) is 3.96. The highest BCUT2D eigenvalue weighted by atomic mass is 35.5. The van der Waals surface area contributed by atoms with Gasteiger partial charge in [-0.3, -0.25) is 9.89 Å². The van der Waals surface area contributed by atoms with Crippen LogP contribution in [0.4, 0.5) is 0 Å². The maximum absolute atomic E-state index is 12.7. The quantitative estimate of drug-likeness (QED) is 0.768. The van der Waals surface area contributed by atoms with Gasteiger partial charge in [-0.15, -0.1) is 0 Å². The van der Waals surface area contributed by atoms with Crippen LogP contribution in [0.15, 0.2) is 18.2 Å². The van der Waals surface area contributed by atoms with Gasteiger partial charge < -0.3 is 14.2 Å². The molecule has 1 saturated heterocycles. The number of nitrogens with zero attached hydrogens (tertiary/aromatic N) is 3. The van der Waals surface area contributed by atoms with Gasteiger partial charge in [-0.2, -0.15) is 5.10 Å². The molecule has 1 aliphatic rings. The van der Waals surface area contributed by atoms with E-state index in [1.165, 1.54) is 0 Å². The van der Waals surface area contributed by atoms with Crippen molar-refractivity contribution < 1.29 is 9.53 Å². The van der Waals surface area contributed by atoms with Gasteiger partial charge in [-0.25, -0.2) is 0 Å². The number of benzene rings is 1. The van der Waals surface area contributed by atoms with E-state index in [1.807, 2.05) is 16.5 Å². The molecule has 1 aromatic carbocycles. The molecule has 1 atom stereocenters. The largest absolute Gasteiger partial charge is 0.479 e. The van der Waals surface area contributed by atoms with Crippen molar-refractivity contribution in [1.82, 2.24) is 19.7 Å². The summed E-state index contributed by atoms with van der Waals surface area (Å²) in [7, 11) is 1.91. The van der Waals surface area contributed by atoms with Crippen LogP contribution in [0.3, 0.4) is 0 Å². The summed E-state index contributed by atoms with van der Waals surface area (Å²) in [5.74, 6) is 1.58. The Kier molecular flexibility index (Phi) is 5.89. The van der Waals surface area contributed by atoms with Crippen molar-refractivity contribution in [2.24, 2.45) is 7.05 Å². The number of aromatic nitrogens is 3. The average molecular weight is 415 g/mol. The molecule has 9 heteroatoms. The SMILES string of the molecule is CC(Oc1cccc(Cl)c1Cl)C(=O)N1CCC(c2n[nH]c(=S)n2C)CC1. The molecule has 1 N–H and O–H groups in total. The Morgan fingerprint density at radius 2 is 2.08 bits per heavy atom. The van der Waals surface area contributed by atoms with E-state index in [-0.39, 0.29) is 11.8 Å². The number of H-pyrrole nitrogens is 1. The zero-order valence-corrected chi connectivity index (χ0v) is 16.9. The minimum absolute atomic E-state index is 0.0603. The number of halogens is 2. The Balaban J connectivity index is 1.60. The highest BCUT2D eigenvalue weighted by molar-refractivity contribution is 7.71. The lowest BCUT2D eigenvalue weighted by Crippen LogP contribution is -2.44. The minimum Gasteiger partial charge on any atom is -0.479 e. The smallest absolute Gasteiger partial charge is 0.263 e. The molecular formula is C17H20Cl2N4O2S. The second kappa shape index (κ2) is 7.98. The molecule has 0 saturated carbocycles. The summed E-state index contributed by atoms with van der Waals surface area (Å²) in [4.78, 5) is 14.5. The summed E-state index contributed by atoms with van der Waals surface area (Å²) < 4.78 is 8.24. The van der Waals surface area contributed by atoms with Crippen LogP contribution in [0, 0.1) is 4.77 Å². The van der Waals surface area contributed by atoms with Gasteiger partial charge in [-0.1, -0.05) is 29.3 Å². The molecule has 3 rings (SSSR count). The Hall–Kier alpha value is -1.57. The summed E-state index contributed by atoms with van der Waals surface area (Å²) in [6.45, 7) is 3.03. The van der Waals surface area contributed by atoms with E-state index in [9.17, 15) is 4.79 Å². The van der Waals surface area contributed by atoms with E-state index in [1.54, 1.807) is 25.1 Å². The third-order valence-electron chi connectivity index (χ3n) is 4.65. The maximum atomic E-state index is 12.7. The fourth-order valence-corrected chi connectivity index (χ4v) is 3.63. The zero-order chi connectivity index (χ0) is 18.8. The Morgan fingerprint density at radius 3 is 2.69 bits per heavy atom. The lowest BCUT2D eigenvalue weighted by atomic mass is 9.95. The number of likely N-dealkylation sites (tertiary alicyclic amines) is 1. The molecule has 2 heterocycles. The van der Waals surface area contributed by atoms with Gasteiger partial charge in [0, 0.05) is 26.1 Å². The molecule has 1 fully saturated rings. The van der Waals surface area contributed by atoms with E-state index in [0.29, 0.717) is 33.7 Å². The second-order valence-electron chi connectivity index (χ2n) is 6.36. The lowest BCUT2D eigenvalue weighted by Gasteiger charge is -2.33. The van der Waals surface area contributed by atoms with Crippen LogP contribution in [0.5, 0.6) is 5.75 Å². The van der Waals surface area contributed by atoms with Crippen LogP contribution >= 0.6 is 35.4 Å². The van der Waals surface area contributed by atoms with Gasteiger partial charge in [0.1, 0.15) is 16.6 Å². The molecule has 0 bridgehead atoms. The Bertz CT molecular complexity index is 859. The van der Waals surface area contributed by atoms with Crippen LogP contribution in [-0.2, 0) is 11.8 Å². The van der Waals surface area contributed by atoms with Gasteiger partial charge in [0.15, 0.2) is 10.9 Å². The first-order valence-corrected chi connectivity index (χ1v) is 9.55. The van der Waals surface area contributed by atoms with Crippen LogP contribution in [0.2, 0.25) is 10.0 Å². The first-order valence-electron chi connectivity index (χ1n) is 8.39. The predicted molar refractivity (Wildman–Crippen MR) is 103 cm³/mol. The topological polar surface area (TPSA) is 63.1 Å². The average Bonchev–Trinajstić information content (AvgIpc) is 2.97. The number of hydrogen-bond acceptors (Lipinski definition) is 4. The monoisotopic (exact) mass is 414 g/mol. The summed E-state index contributed by atoms with van der Waals surface area (Å²) in [5.41, 5.74) is 0. The summed E-state index contributed by atoms with van der Waals surface area (Å²) in [6.07, 6.45) is 1.04. The number of aromatic amines is 1. The molecule has 1 aromatic heterocycles. The first-order chi connectivity index (χ1) is 12.4. The van der Waals surface area contributed by atoms with Gasteiger partial charge in [0.05, 0.1) is 5.02 Å². The van der Waals surface area contributed by atoms with Crippen molar-refractivity contribution in [2.75, 3.05) is 13.1 Å². The Morgan fingerprint density at radius 1 is 1.38 bits per heavy atom. The maximum Gasteiger partial charge on any atom is 0.263 e. The molecule has 2 aromatic rings. The second-order valence-corrected chi connectivity index (χ2v) is 7.53. The van der Waals surface area contributed by atoms with Crippen LogP contribution in [0.1, 0.15) is 31.5 Å². The van der Waals surface area contributed by atoms with Crippen LogP contribution in [-0.4, -0.2) is 44.8 Å². The number of amides is 1. The number of carbonyl (C=O) groups is 1. The molecular weight excluding hydrogens is 395 g/mol. The summed E-state index contributed by atoms with van der Waals surface area (Å²) in [6, 6.07) is 5.12. The van der Waals surface area contributed by atoms with Crippen molar-refractivity contribution in [3.05, 3.63) is 38.8 Å². The van der Waals surface area contributed by atoms with Crippen molar-refractivity contribution in [3.8, 4) is 5.75 Å². The fraction of sp³-hybridized carbons (Fsp3) is 0.471. The molecule has 140 valence electrons. The van der Waals surface area contributed by atoms with E-state index in [0.717, 1.165) is 18.7 Å². The number of hydrogen-bond donors (Lipinski definition) is 1. The number of ether oxygens (including phenoxy) is 1.